The first kappa shape index (κ1) is 21.6. The van der Waals surface area contributed by atoms with Crippen molar-refractivity contribution in [2.45, 2.75) is 10.1 Å². The fraction of sp³-hybridized carbons (Fsp3) is 0.0500. The zero-order valence-electron chi connectivity index (χ0n) is 15.6. The van der Waals surface area contributed by atoms with Gasteiger partial charge in [-0.2, -0.15) is 0 Å². The molecule has 1 aromatic heterocycles. The van der Waals surface area contributed by atoms with Crippen molar-refractivity contribution in [3.8, 4) is 0 Å². The quantitative estimate of drug-likeness (QED) is 0.284. The van der Waals surface area contributed by atoms with Crippen LogP contribution in [0.15, 0.2) is 57.8 Å². The topological polar surface area (TPSA) is 101 Å². The van der Waals surface area contributed by atoms with Crippen molar-refractivity contribution in [2.24, 2.45) is 0 Å². The molecule has 0 spiro atoms. The Labute approximate surface area is 194 Å². The summed E-state index contributed by atoms with van der Waals surface area (Å²) < 4.78 is 0.721. The van der Waals surface area contributed by atoms with E-state index in [1.807, 2.05) is 24.3 Å². The molecule has 3 amide bonds. The van der Waals surface area contributed by atoms with Gasteiger partial charge in [0.25, 0.3) is 17.1 Å². The van der Waals surface area contributed by atoms with Gasteiger partial charge in [0.15, 0.2) is 4.34 Å². The Balaban J connectivity index is 1.35. The van der Waals surface area contributed by atoms with Gasteiger partial charge in [-0.3, -0.25) is 25.0 Å². The van der Waals surface area contributed by atoms with Crippen molar-refractivity contribution in [2.75, 3.05) is 5.32 Å². The molecule has 2 aromatic carbocycles. The van der Waals surface area contributed by atoms with Crippen LogP contribution < -0.4 is 10.6 Å². The molecule has 1 saturated heterocycles. The third-order valence-electron chi connectivity index (χ3n) is 4.05. The second kappa shape index (κ2) is 9.65. The number of thioether (sulfide) groups is 2. The van der Waals surface area contributed by atoms with E-state index in [9.17, 15) is 14.4 Å². The van der Waals surface area contributed by atoms with Gasteiger partial charge in [0.2, 0.25) is 5.13 Å². The van der Waals surface area contributed by atoms with E-state index in [4.69, 9.17) is 11.6 Å². The molecule has 2 heterocycles. The van der Waals surface area contributed by atoms with Gasteiger partial charge in [-0.1, -0.05) is 65.0 Å². The fourth-order valence-corrected chi connectivity index (χ4v) is 5.26. The molecule has 31 heavy (non-hydrogen) atoms. The van der Waals surface area contributed by atoms with Crippen LogP contribution in [0, 0.1) is 0 Å². The maximum Gasteiger partial charge on any atom is 0.290 e. The van der Waals surface area contributed by atoms with Gasteiger partial charge in [0, 0.05) is 16.3 Å². The molecular formula is C20H13ClN4O3S3. The summed E-state index contributed by atoms with van der Waals surface area (Å²) in [7, 11) is 0. The number of halogens is 1. The van der Waals surface area contributed by atoms with Gasteiger partial charge in [0.05, 0.1) is 4.91 Å². The molecule has 1 fully saturated rings. The molecule has 0 aliphatic carbocycles. The first-order valence-corrected chi connectivity index (χ1v) is 11.8. The third-order valence-corrected chi connectivity index (χ3v) is 7.25. The Morgan fingerprint density at radius 2 is 1.90 bits per heavy atom. The summed E-state index contributed by atoms with van der Waals surface area (Å²) in [6.07, 6.45) is 1.60. The number of rotatable bonds is 6. The predicted molar refractivity (Wildman–Crippen MR) is 124 cm³/mol. The van der Waals surface area contributed by atoms with Crippen molar-refractivity contribution in [3.05, 3.63) is 75.1 Å². The molecule has 1 aliphatic rings. The van der Waals surface area contributed by atoms with E-state index >= 15 is 0 Å². The molecule has 0 unspecified atom stereocenters. The lowest BCUT2D eigenvalue weighted by Crippen LogP contribution is -2.17. The highest BCUT2D eigenvalue weighted by atomic mass is 35.5. The number of hydrogen-bond acceptors (Lipinski definition) is 8. The van der Waals surface area contributed by atoms with Crippen LogP contribution in [0.1, 0.15) is 21.5 Å². The number of amides is 3. The number of aromatic nitrogens is 2. The Hall–Kier alpha value is -2.66. The summed E-state index contributed by atoms with van der Waals surface area (Å²) in [5, 5.41) is 13.7. The van der Waals surface area contributed by atoms with E-state index < -0.39 is 11.1 Å². The lowest BCUT2D eigenvalue weighted by molar-refractivity contribution is -0.115. The standard InChI is InChI=1S/C20H13ClN4O3S3/c21-14-4-2-1-3-13(14)10-29-20-25-24-18(31-20)22-16(26)12-7-5-11(6-8-12)9-15-17(27)23-19(28)30-15/h1-9H,10H2,(H,22,24,26)(H,23,27,28)/b15-9+. The van der Waals surface area contributed by atoms with Crippen LogP contribution in [0.2, 0.25) is 5.02 Å². The molecule has 0 atom stereocenters. The minimum Gasteiger partial charge on any atom is -0.296 e. The maximum absolute atomic E-state index is 12.5. The van der Waals surface area contributed by atoms with Gasteiger partial charge in [-0.15, -0.1) is 10.2 Å². The van der Waals surface area contributed by atoms with Gasteiger partial charge in [0.1, 0.15) is 0 Å². The molecule has 4 rings (SSSR count). The normalized spacial score (nSPS) is 14.7. The number of carbonyl (C=O) groups excluding carboxylic acids is 3. The minimum atomic E-state index is -0.420. The zero-order chi connectivity index (χ0) is 21.8. The van der Waals surface area contributed by atoms with E-state index in [1.165, 1.54) is 23.1 Å². The molecule has 7 nitrogen and oxygen atoms in total. The SMILES string of the molecule is O=C1NC(=O)/C(=C\c2ccc(C(=O)Nc3nnc(SCc4ccccc4Cl)s3)cc2)S1. The first-order chi connectivity index (χ1) is 15.0. The summed E-state index contributed by atoms with van der Waals surface area (Å²) in [6, 6.07) is 14.3. The number of nitrogens with zero attached hydrogens (tertiary/aromatic N) is 2. The van der Waals surface area contributed by atoms with Crippen LogP contribution in [0.25, 0.3) is 6.08 Å². The van der Waals surface area contributed by atoms with Crippen LogP contribution in [-0.2, 0) is 10.5 Å². The van der Waals surface area contributed by atoms with Gasteiger partial charge in [-0.25, -0.2) is 0 Å². The number of nitrogens with one attached hydrogen (secondary N) is 2. The molecular weight excluding hydrogens is 476 g/mol. The van der Waals surface area contributed by atoms with Crippen molar-refractivity contribution in [1.29, 1.82) is 0 Å². The van der Waals surface area contributed by atoms with Crippen LogP contribution in [0.3, 0.4) is 0 Å². The smallest absolute Gasteiger partial charge is 0.290 e. The van der Waals surface area contributed by atoms with Crippen molar-refractivity contribution < 1.29 is 14.4 Å². The molecule has 3 aromatic rings. The van der Waals surface area contributed by atoms with Crippen LogP contribution >= 0.6 is 46.5 Å². The first-order valence-electron chi connectivity index (χ1n) is 8.84. The monoisotopic (exact) mass is 488 g/mol. The molecule has 11 heteroatoms. The Kier molecular flexibility index (Phi) is 6.71. The summed E-state index contributed by atoms with van der Waals surface area (Å²) in [6.45, 7) is 0. The largest absolute Gasteiger partial charge is 0.296 e. The third kappa shape index (κ3) is 5.53. The van der Waals surface area contributed by atoms with Gasteiger partial charge < -0.3 is 0 Å². The highest BCUT2D eigenvalue weighted by Crippen LogP contribution is 2.30. The summed E-state index contributed by atoms with van der Waals surface area (Å²) in [5.41, 5.74) is 2.14. The second-order valence-electron chi connectivity index (χ2n) is 6.18. The van der Waals surface area contributed by atoms with Crippen molar-refractivity contribution in [3.63, 3.8) is 0 Å². The summed E-state index contributed by atoms with van der Waals surface area (Å²) in [5.74, 6) is -0.0846. The molecule has 1 aliphatic heterocycles. The molecule has 156 valence electrons. The predicted octanol–water partition coefficient (Wildman–Crippen LogP) is 5.06. The summed E-state index contributed by atoms with van der Waals surface area (Å²) in [4.78, 5) is 35.6. The number of benzene rings is 2. The minimum absolute atomic E-state index is 0.317. The average molecular weight is 489 g/mol. The highest BCUT2D eigenvalue weighted by Gasteiger charge is 2.24. The van der Waals surface area contributed by atoms with E-state index in [1.54, 1.807) is 30.3 Å². The number of carbonyl (C=O) groups is 3. The Bertz CT molecular complexity index is 1190. The number of anilines is 1. The van der Waals surface area contributed by atoms with Crippen LogP contribution in [-0.4, -0.2) is 27.3 Å². The number of imide groups is 1. The Morgan fingerprint density at radius 1 is 1.13 bits per heavy atom. The van der Waals surface area contributed by atoms with Crippen molar-refractivity contribution in [1.82, 2.24) is 15.5 Å². The second-order valence-corrected chi connectivity index (χ2v) is 9.80. The lowest BCUT2D eigenvalue weighted by Gasteiger charge is -2.02. The van der Waals surface area contributed by atoms with E-state index in [0.29, 0.717) is 31.9 Å². The van der Waals surface area contributed by atoms with E-state index in [2.05, 4.69) is 20.8 Å². The molecule has 0 saturated carbocycles. The molecule has 0 bridgehead atoms. The van der Waals surface area contributed by atoms with Crippen LogP contribution in [0.5, 0.6) is 0 Å². The average Bonchev–Trinajstić information content (AvgIpc) is 3.33. The van der Waals surface area contributed by atoms with Crippen molar-refractivity contribution >= 4 is 74.7 Å². The van der Waals surface area contributed by atoms with Gasteiger partial charge in [-0.05, 0) is 47.2 Å². The van der Waals surface area contributed by atoms with E-state index in [0.717, 1.165) is 21.7 Å². The zero-order valence-corrected chi connectivity index (χ0v) is 18.8. The van der Waals surface area contributed by atoms with Crippen LogP contribution in [0.4, 0.5) is 9.93 Å². The molecule has 2 N–H and O–H groups in total. The molecule has 0 radical (unpaired) electrons. The highest BCUT2D eigenvalue weighted by molar-refractivity contribution is 8.18. The summed E-state index contributed by atoms with van der Waals surface area (Å²) >= 11 is 9.78. The lowest BCUT2D eigenvalue weighted by atomic mass is 10.1. The maximum atomic E-state index is 12.5. The number of hydrogen-bond donors (Lipinski definition) is 2. The van der Waals surface area contributed by atoms with Gasteiger partial charge >= 0.3 is 0 Å². The fourth-order valence-electron chi connectivity index (χ4n) is 2.55. The van der Waals surface area contributed by atoms with E-state index in [-0.39, 0.29) is 5.91 Å². The Morgan fingerprint density at radius 3 is 2.61 bits per heavy atom.